The minimum atomic E-state index is 0.318. The molecule has 1 aliphatic carbocycles. The van der Waals surface area contributed by atoms with Gasteiger partial charge in [-0.1, -0.05) is 29.8 Å². The van der Waals surface area contributed by atoms with Gasteiger partial charge in [0.15, 0.2) is 0 Å². The Labute approximate surface area is 170 Å². The molecule has 1 atom stereocenters. The Morgan fingerprint density at radius 2 is 2.21 bits per heavy atom. The summed E-state index contributed by atoms with van der Waals surface area (Å²) in [6.07, 6.45) is 7.54. The molecule has 138 valence electrons. The molecule has 3 aromatic heterocycles. The summed E-state index contributed by atoms with van der Waals surface area (Å²) in [4.78, 5) is 6.89. The number of thiophene rings is 1. The van der Waals surface area contributed by atoms with Crippen molar-refractivity contribution in [3.63, 3.8) is 0 Å². The fourth-order valence-corrected chi connectivity index (χ4v) is 5.64. The van der Waals surface area contributed by atoms with Crippen molar-refractivity contribution >= 4 is 39.0 Å². The lowest BCUT2D eigenvalue weighted by molar-refractivity contribution is 0.797. The van der Waals surface area contributed by atoms with Gasteiger partial charge in [0.1, 0.15) is 5.17 Å². The van der Waals surface area contributed by atoms with E-state index >= 15 is 0 Å². The Bertz CT molecular complexity index is 1310. The lowest BCUT2D eigenvalue weighted by atomic mass is 10.0. The van der Waals surface area contributed by atoms with Crippen LogP contribution in [0.4, 0.5) is 0 Å². The fourth-order valence-electron chi connectivity index (χ4n) is 4.15. The van der Waals surface area contributed by atoms with E-state index in [-0.39, 0.29) is 0 Å². The third kappa shape index (κ3) is 2.34. The first-order chi connectivity index (χ1) is 13.7. The monoisotopic (exact) mass is 405 g/mol. The van der Waals surface area contributed by atoms with Gasteiger partial charge in [-0.3, -0.25) is 9.78 Å². The number of hydrogen-bond donors (Lipinski definition) is 1. The molecular formula is C21H16ClN5S. The maximum absolute atomic E-state index is 6.13. The molecule has 1 aromatic carbocycles. The number of benzene rings is 1. The van der Waals surface area contributed by atoms with Crippen LogP contribution in [0.2, 0.25) is 0 Å². The van der Waals surface area contributed by atoms with Gasteiger partial charge in [0, 0.05) is 63.8 Å². The highest BCUT2D eigenvalue weighted by Gasteiger charge is 2.29. The summed E-state index contributed by atoms with van der Waals surface area (Å²) >= 11 is 8.01. The van der Waals surface area contributed by atoms with E-state index in [1.54, 1.807) is 0 Å². The molecular weight excluding hydrogens is 390 g/mol. The molecule has 0 spiro atoms. The first-order valence-electron chi connectivity index (χ1n) is 9.18. The number of halogens is 1. The van der Waals surface area contributed by atoms with Gasteiger partial charge in [0.25, 0.3) is 0 Å². The van der Waals surface area contributed by atoms with Crippen LogP contribution >= 0.6 is 22.9 Å². The molecule has 4 aromatic rings. The quantitative estimate of drug-likeness (QED) is 0.437. The van der Waals surface area contributed by atoms with E-state index in [9.17, 15) is 0 Å². The van der Waals surface area contributed by atoms with Crippen LogP contribution in [-0.2, 0) is 13.5 Å². The van der Waals surface area contributed by atoms with Gasteiger partial charge in [-0.05, 0) is 12.1 Å². The number of aliphatic imine (C=N–C) groups is 1. The Balaban J connectivity index is 1.39. The van der Waals surface area contributed by atoms with Crippen molar-refractivity contribution in [2.75, 3.05) is 0 Å². The molecule has 0 radical (unpaired) electrons. The van der Waals surface area contributed by atoms with Gasteiger partial charge in [0.2, 0.25) is 0 Å². The predicted octanol–water partition coefficient (Wildman–Crippen LogP) is 5.23. The van der Waals surface area contributed by atoms with E-state index in [2.05, 4.69) is 50.6 Å². The first-order valence-corrected chi connectivity index (χ1v) is 10.4. The van der Waals surface area contributed by atoms with Gasteiger partial charge in [-0.15, -0.1) is 11.3 Å². The van der Waals surface area contributed by atoms with Crippen LogP contribution in [0.25, 0.3) is 33.4 Å². The van der Waals surface area contributed by atoms with Gasteiger partial charge in [-0.25, -0.2) is 4.99 Å². The minimum absolute atomic E-state index is 0.318. The second-order valence-corrected chi connectivity index (χ2v) is 8.89. The number of aromatic amines is 1. The molecule has 0 amide bonds. The zero-order valence-electron chi connectivity index (χ0n) is 15.1. The number of allylic oxidation sites excluding steroid dienone is 1. The van der Waals surface area contributed by atoms with Crippen LogP contribution in [0.1, 0.15) is 27.7 Å². The highest BCUT2D eigenvalue weighted by atomic mass is 35.5. The van der Waals surface area contributed by atoms with Crippen LogP contribution < -0.4 is 0 Å². The van der Waals surface area contributed by atoms with Gasteiger partial charge in [-0.2, -0.15) is 10.2 Å². The van der Waals surface area contributed by atoms with Crippen molar-refractivity contribution in [1.82, 2.24) is 20.0 Å². The van der Waals surface area contributed by atoms with E-state index in [0.29, 0.717) is 11.1 Å². The maximum Gasteiger partial charge on any atom is 0.107 e. The van der Waals surface area contributed by atoms with E-state index in [1.807, 2.05) is 35.5 Å². The number of fused-ring (bicyclic) bond motifs is 4. The summed E-state index contributed by atoms with van der Waals surface area (Å²) in [6, 6.07) is 8.71. The fraction of sp³-hybridized carbons (Fsp3) is 0.190. The van der Waals surface area contributed by atoms with Crippen molar-refractivity contribution in [2.24, 2.45) is 12.0 Å². The Morgan fingerprint density at radius 3 is 3.11 bits per heavy atom. The first kappa shape index (κ1) is 16.3. The average molecular weight is 406 g/mol. The van der Waals surface area contributed by atoms with E-state index < -0.39 is 0 Å². The van der Waals surface area contributed by atoms with Crippen LogP contribution in [0.3, 0.4) is 0 Å². The Morgan fingerprint density at radius 1 is 1.29 bits per heavy atom. The Kier molecular flexibility index (Phi) is 3.43. The minimum Gasteiger partial charge on any atom is -0.277 e. The summed E-state index contributed by atoms with van der Waals surface area (Å²) < 4.78 is 1.90. The molecule has 0 fully saturated rings. The van der Waals surface area contributed by atoms with Gasteiger partial charge in [0.05, 0.1) is 23.1 Å². The number of rotatable bonds is 2. The van der Waals surface area contributed by atoms with Crippen LogP contribution in [0, 0.1) is 0 Å². The SMILES string of the molecule is Cn1ncc2ccc(-c3n[nH]c4c3Cc3sc(C5C=CN=C(Cl)C5)cc3-4)cc21. The molecule has 1 aliphatic heterocycles. The van der Waals surface area contributed by atoms with Crippen molar-refractivity contribution in [2.45, 2.75) is 18.8 Å². The van der Waals surface area contributed by atoms with Crippen LogP contribution in [-0.4, -0.2) is 25.1 Å². The van der Waals surface area contributed by atoms with Crippen LogP contribution in [0.15, 0.2) is 47.7 Å². The molecule has 5 nitrogen and oxygen atoms in total. The Hall–Kier alpha value is -2.70. The van der Waals surface area contributed by atoms with E-state index in [1.165, 1.54) is 20.9 Å². The molecule has 7 heteroatoms. The van der Waals surface area contributed by atoms with Gasteiger partial charge >= 0.3 is 0 Å². The molecule has 1 N–H and O–H groups in total. The summed E-state index contributed by atoms with van der Waals surface area (Å²) in [5.74, 6) is 0.318. The summed E-state index contributed by atoms with van der Waals surface area (Å²) in [7, 11) is 1.97. The summed E-state index contributed by atoms with van der Waals surface area (Å²) in [6.45, 7) is 0. The second-order valence-electron chi connectivity index (χ2n) is 7.29. The third-order valence-electron chi connectivity index (χ3n) is 5.61. The van der Waals surface area contributed by atoms with Crippen molar-refractivity contribution in [3.8, 4) is 22.5 Å². The lowest BCUT2D eigenvalue weighted by Gasteiger charge is -2.12. The normalized spacial score (nSPS) is 17.8. The number of nitrogens with one attached hydrogen (secondary N) is 1. The molecule has 6 rings (SSSR count). The molecule has 4 heterocycles. The molecule has 0 bridgehead atoms. The van der Waals surface area contributed by atoms with E-state index in [4.69, 9.17) is 11.6 Å². The zero-order chi connectivity index (χ0) is 18.8. The predicted molar refractivity (Wildman–Crippen MR) is 114 cm³/mol. The molecule has 0 saturated heterocycles. The molecule has 28 heavy (non-hydrogen) atoms. The van der Waals surface area contributed by atoms with Crippen molar-refractivity contribution < 1.29 is 0 Å². The number of aryl methyl sites for hydroxylation is 1. The second kappa shape index (κ2) is 5.90. The van der Waals surface area contributed by atoms with Crippen molar-refractivity contribution in [3.05, 3.63) is 58.1 Å². The molecule has 2 aliphatic rings. The highest BCUT2D eigenvalue weighted by Crippen LogP contribution is 2.46. The van der Waals surface area contributed by atoms with Crippen molar-refractivity contribution in [1.29, 1.82) is 0 Å². The number of nitrogens with zero attached hydrogens (tertiary/aromatic N) is 4. The number of hydrogen-bond acceptors (Lipinski definition) is 4. The zero-order valence-corrected chi connectivity index (χ0v) is 16.7. The van der Waals surface area contributed by atoms with Crippen LogP contribution in [0.5, 0.6) is 0 Å². The average Bonchev–Trinajstić information content (AvgIpc) is 3.43. The lowest BCUT2D eigenvalue weighted by Crippen LogP contribution is -2.01. The largest absolute Gasteiger partial charge is 0.277 e. The smallest absolute Gasteiger partial charge is 0.107 e. The topological polar surface area (TPSA) is 58.9 Å². The highest BCUT2D eigenvalue weighted by molar-refractivity contribution is 7.12. The summed E-state index contributed by atoms with van der Waals surface area (Å²) in [5, 5.41) is 14.1. The molecule has 0 saturated carbocycles. The van der Waals surface area contributed by atoms with E-state index in [0.717, 1.165) is 40.7 Å². The third-order valence-corrected chi connectivity index (χ3v) is 7.13. The summed E-state index contributed by atoms with van der Waals surface area (Å²) in [5.41, 5.74) is 7.00. The van der Waals surface area contributed by atoms with Gasteiger partial charge < -0.3 is 0 Å². The standard InChI is InChI=1S/C21H16ClN5S/c1-27-16-6-12(2-3-13(16)10-24-27)20-15-9-18-14(21(15)26-25-20)8-17(28-18)11-4-5-23-19(22)7-11/h2-6,8,10-11H,7,9H2,1H3,(H,25,26). The number of H-pyrrole nitrogens is 1. The number of aromatic nitrogens is 4. The molecule has 1 unspecified atom stereocenters. The maximum atomic E-state index is 6.13.